The second-order valence-electron chi connectivity index (χ2n) is 4.54. The maximum Gasteiger partial charge on any atom is 0.323 e. The Bertz CT molecular complexity index is 487. The Morgan fingerprint density at radius 1 is 1.45 bits per heavy atom. The first kappa shape index (κ1) is 16.4. The molecule has 112 valence electrons. The number of amides is 2. The number of carboxylic acids is 1. The van der Waals surface area contributed by atoms with Crippen molar-refractivity contribution in [1.82, 2.24) is 9.88 Å². The van der Waals surface area contributed by atoms with Crippen molar-refractivity contribution in [1.29, 1.82) is 0 Å². The molecule has 1 aromatic rings. The number of aliphatic carboxylic acids is 1. The monoisotopic (exact) mass is 299 g/mol. The summed E-state index contributed by atoms with van der Waals surface area (Å²) in [6.45, 7) is 7.98. The van der Waals surface area contributed by atoms with Crippen molar-refractivity contribution in [3.63, 3.8) is 0 Å². The van der Waals surface area contributed by atoms with Crippen LogP contribution in [0.2, 0.25) is 0 Å². The van der Waals surface area contributed by atoms with Crippen molar-refractivity contribution in [2.24, 2.45) is 0 Å². The first-order chi connectivity index (χ1) is 9.38. The van der Waals surface area contributed by atoms with Gasteiger partial charge in [-0.25, -0.2) is 9.78 Å². The van der Waals surface area contributed by atoms with Crippen LogP contribution in [0.1, 0.15) is 37.8 Å². The normalized spacial score (nSPS) is 12.0. The van der Waals surface area contributed by atoms with E-state index in [4.69, 9.17) is 5.11 Å². The molecular weight excluding hydrogens is 278 g/mol. The average Bonchev–Trinajstić information content (AvgIpc) is 2.69. The molecule has 20 heavy (non-hydrogen) atoms. The van der Waals surface area contributed by atoms with Crippen LogP contribution in [0.25, 0.3) is 0 Å². The molecule has 0 aliphatic heterocycles. The number of hydrogen-bond donors (Lipinski definition) is 2. The summed E-state index contributed by atoms with van der Waals surface area (Å²) in [5.74, 6) is -0.915. The van der Waals surface area contributed by atoms with Crippen molar-refractivity contribution in [2.45, 2.75) is 46.6 Å². The number of anilines is 1. The highest BCUT2D eigenvalue weighted by Gasteiger charge is 2.21. The minimum absolute atomic E-state index is 0.0711. The molecule has 1 unspecified atom stereocenters. The van der Waals surface area contributed by atoms with Gasteiger partial charge < -0.3 is 10.0 Å². The van der Waals surface area contributed by atoms with E-state index in [1.165, 1.54) is 16.2 Å². The molecule has 0 spiro atoms. The molecule has 1 rings (SSSR count). The molecule has 0 saturated heterocycles. The van der Waals surface area contributed by atoms with Gasteiger partial charge in [0.05, 0.1) is 12.1 Å². The lowest BCUT2D eigenvalue weighted by Crippen LogP contribution is -2.42. The van der Waals surface area contributed by atoms with Gasteiger partial charge in [0.2, 0.25) is 0 Å². The number of urea groups is 1. The summed E-state index contributed by atoms with van der Waals surface area (Å²) in [6, 6.07) is -0.665. The number of carbonyl (C=O) groups excluding carboxylic acids is 1. The fourth-order valence-corrected chi connectivity index (χ4v) is 2.88. The van der Waals surface area contributed by atoms with E-state index in [1.54, 1.807) is 6.92 Å². The van der Waals surface area contributed by atoms with E-state index < -0.39 is 5.97 Å². The molecular formula is C13H21N3O3S. The summed E-state index contributed by atoms with van der Waals surface area (Å²) in [5.41, 5.74) is 0.979. The number of nitrogens with one attached hydrogen (secondary N) is 1. The highest BCUT2D eigenvalue weighted by Crippen LogP contribution is 2.22. The van der Waals surface area contributed by atoms with E-state index in [9.17, 15) is 9.59 Å². The lowest BCUT2D eigenvalue weighted by atomic mass is 10.2. The number of thiazole rings is 1. The first-order valence-electron chi connectivity index (χ1n) is 6.64. The molecule has 0 fully saturated rings. The Kier molecular flexibility index (Phi) is 5.94. The Hall–Kier alpha value is -1.63. The van der Waals surface area contributed by atoms with Crippen LogP contribution in [0.15, 0.2) is 0 Å². The largest absolute Gasteiger partial charge is 0.481 e. The van der Waals surface area contributed by atoms with E-state index in [0.29, 0.717) is 11.7 Å². The molecule has 1 heterocycles. The summed E-state index contributed by atoms with van der Waals surface area (Å²) in [5, 5.41) is 12.1. The zero-order valence-electron chi connectivity index (χ0n) is 12.3. The Labute approximate surface area is 122 Å². The second-order valence-corrected chi connectivity index (χ2v) is 5.74. The summed E-state index contributed by atoms with van der Waals surface area (Å²) >= 11 is 1.43. The highest BCUT2D eigenvalue weighted by atomic mass is 32.1. The Morgan fingerprint density at radius 2 is 2.10 bits per heavy atom. The van der Waals surface area contributed by atoms with Crippen LogP contribution in [0.5, 0.6) is 0 Å². The maximum absolute atomic E-state index is 12.2. The fourth-order valence-electron chi connectivity index (χ4n) is 1.99. The molecule has 2 N–H and O–H groups in total. The standard InChI is InChI=1S/C13H21N3O3S/c1-5-10-9(4)20-12(14-10)15-13(19)16(6-2)8(3)7-11(17)18/h8H,5-7H2,1-4H3,(H,17,18)(H,14,15,19). The summed E-state index contributed by atoms with van der Waals surface area (Å²) in [6.07, 6.45) is 0.753. The zero-order chi connectivity index (χ0) is 15.3. The molecule has 7 heteroatoms. The molecule has 0 bridgehead atoms. The van der Waals surface area contributed by atoms with Crippen molar-refractivity contribution in [2.75, 3.05) is 11.9 Å². The molecule has 1 atom stereocenters. The number of aromatic nitrogens is 1. The third kappa shape index (κ3) is 4.19. The van der Waals surface area contributed by atoms with E-state index >= 15 is 0 Å². The van der Waals surface area contributed by atoms with Crippen LogP contribution < -0.4 is 5.32 Å². The summed E-state index contributed by atoms with van der Waals surface area (Å²) in [7, 11) is 0. The smallest absolute Gasteiger partial charge is 0.323 e. The number of nitrogens with zero attached hydrogens (tertiary/aromatic N) is 2. The van der Waals surface area contributed by atoms with Crippen LogP contribution in [0, 0.1) is 6.92 Å². The van der Waals surface area contributed by atoms with E-state index in [-0.39, 0.29) is 18.5 Å². The maximum atomic E-state index is 12.2. The minimum atomic E-state index is -0.915. The third-order valence-corrected chi connectivity index (χ3v) is 3.97. The van der Waals surface area contributed by atoms with Gasteiger partial charge in [0.15, 0.2) is 5.13 Å². The van der Waals surface area contributed by atoms with Gasteiger partial charge in [-0.15, -0.1) is 11.3 Å². The Balaban J connectivity index is 2.73. The first-order valence-corrected chi connectivity index (χ1v) is 7.46. The molecule has 0 aromatic carbocycles. The number of aryl methyl sites for hydroxylation is 2. The quantitative estimate of drug-likeness (QED) is 0.846. The lowest BCUT2D eigenvalue weighted by Gasteiger charge is -2.26. The molecule has 1 aromatic heterocycles. The average molecular weight is 299 g/mol. The topological polar surface area (TPSA) is 82.5 Å². The summed E-state index contributed by atoms with van der Waals surface area (Å²) in [4.78, 5) is 29.8. The van der Waals surface area contributed by atoms with Gasteiger partial charge in [0, 0.05) is 17.5 Å². The van der Waals surface area contributed by atoms with Gasteiger partial charge in [0.25, 0.3) is 0 Å². The van der Waals surface area contributed by atoms with Crippen molar-refractivity contribution < 1.29 is 14.7 Å². The van der Waals surface area contributed by atoms with E-state index in [0.717, 1.165) is 17.0 Å². The molecule has 6 nitrogen and oxygen atoms in total. The predicted octanol–water partition coefficient (Wildman–Crippen LogP) is 2.73. The number of hydrogen-bond acceptors (Lipinski definition) is 4. The van der Waals surface area contributed by atoms with Gasteiger partial charge in [0.1, 0.15) is 0 Å². The van der Waals surface area contributed by atoms with E-state index in [1.807, 2.05) is 20.8 Å². The van der Waals surface area contributed by atoms with Gasteiger partial charge in [-0.3, -0.25) is 10.1 Å². The molecule has 0 saturated carbocycles. The molecule has 0 radical (unpaired) electrons. The van der Waals surface area contributed by atoms with E-state index in [2.05, 4.69) is 10.3 Å². The van der Waals surface area contributed by atoms with Crippen LogP contribution in [0.3, 0.4) is 0 Å². The van der Waals surface area contributed by atoms with Gasteiger partial charge in [-0.05, 0) is 27.2 Å². The van der Waals surface area contributed by atoms with Crippen LogP contribution in [-0.2, 0) is 11.2 Å². The van der Waals surface area contributed by atoms with Gasteiger partial charge in [-0.2, -0.15) is 0 Å². The second kappa shape index (κ2) is 7.23. The number of rotatable bonds is 6. The molecule has 0 aliphatic carbocycles. The van der Waals surface area contributed by atoms with Gasteiger partial charge >= 0.3 is 12.0 Å². The summed E-state index contributed by atoms with van der Waals surface area (Å²) < 4.78 is 0. The van der Waals surface area contributed by atoms with Crippen molar-refractivity contribution in [3.05, 3.63) is 10.6 Å². The number of carboxylic acid groups (broad SMARTS) is 1. The molecule has 2 amide bonds. The van der Waals surface area contributed by atoms with Crippen molar-refractivity contribution >= 4 is 28.5 Å². The zero-order valence-corrected chi connectivity index (χ0v) is 13.1. The van der Waals surface area contributed by atoms with Crippen LogP contribution in [0.4, 0.5) is 9.93 Å². The fraction of sp³-hybridized carbons (Fsp3) is 0.615. The Morgan fingerprint density at radius 3 is 2.55 bits per heavy atom. The number of carbonyl (C=O) groups is 2. The lowest BCUT2D eigenvalue weighted by molar-refractivity contribution is -0.137. The van der Waals surface area contributed by atoms with Gasteiger partial charge in [-0.1, -0.05) is 6.92 Å². The highest BCUT2D eigenvalue weighted by molar-refractivity contribution is 7.15. The predicted molar refractivity (Wildman–Crippen MR) is 79.3 cm³/mol. The van der Waals surface area contributed by atoms with Crippen LogP contribution in [-0.4, -0.2) is 39.6 Å². The van der Waals surface area contributed by atoms with Crippen LogP contribution >= 0.6 is 11.3 Å². The minimum Gasteiger partial charge on any atom is -0.481 e. The van der Waals surface area contributed by atoms with Crippen molar-refractivity contribution in [3.8, 4) is 0 Å². The molecule has 0 aliphatic rings. The SMILES string of the molecule is CCc1nc(NC(=O)N(CC)C(C)CC(=O)O)sc1C. The third-order valence-electron chi connectivity index (χ3n) is 3.05.